The number of hydrogen-bond donors (Lipinski definition) is 2. The fourth-order valence-electron chi connectivity index (χ4n) is 0.122. The molecular formula is H10N2Na2O9P2Pt. The Morgan fingerprint density at radius 1 is 0.750 bits per heavy atom. The summed E-state index contributed by atoms with van der Waals surface area (Å²) in [5, 5.41) is 0. The van der Waals surface area contributed by atoms with Crippen LogP contribution in [-0.2, 0) is 34.5 Å². The van der Waals surface area contributed by atoms with Crippen LogP contribution in [0.1, 0.15) is 0 Å². The minimum Gasteiger partial charge on any atom is -0.790 e. The molecule has 0 saturated heterocycles. The van der Waals surface area contributed by atoms with Gasteiger partial charge in [-0.1, -0.05) is 0 Å². The maximum atomic E-state index is 9.32. The van der Waals surface area contributed by atoms with Crippen LogP contribution in [0.25, 0.3) is 0 Å². The molecule has 0 saturated carbocycles. The second-order valence-corrected chi connectivity index (χ2v) is 3.42. The van der Waals surface area contributed by atoms with Crippen molar-refractivity contribution in [1.82, 2.24) is 12.3 Å². The van der Waals surface area contributed by atoms with Gasteiger partial charge in [0.15, 0.2) is 0 Å². The molecule has 0 bridgehead atoms. The van der Waals surface area contributed by atoms with Crippen molar-refractivity contribution in [1.29, 1.82) is 0 Å². The molecule has 96 valence electrons. The van der Waals surface area contributed by atoms with E-state index in [4.69, 9.17) is 0 Å². The summed E-state index contributed by atoms with van der Waals surface area (Å²) in [5.74, 6) is 0. The first-order valence-corrected chi connectivity index (χ1v) is 4.38. The van der Waals surface area contributed by atoms with Gasteiger partial charge in [-0.15, -0.1) is 0 Å². The topological polar surface area (TPSA) is 269 Å². The second-order valence-electron chi connectivity index (χ2n) is 0.976. The van der Waals surface area contributed by atoms with Crippen molar-refractivity contribution in [3.8, 4) is 0 Å². The molecule has 0 aromatic carbocycles. The smallest absolute Gasteiger partial charge is 0.790 e. The second kappa shape index (κ2) is 20.1. The van der Waals surface area contributed by atoms with Crippen molar-refractivity contribution in [3.05, 3.63) is 0 Å². The van der Waals surface area contributed by atoms with Crippen LogP contribution in [0.2, 0.25) is 0 Å². The van der Waals surface area contributed by atoms with Crippen LogP contribution in [-0.4, -0.2) is 11.0 Å². The quantitative estimate of drug-likeness (QED) is 0.277. The van der Waals surface area contributed by atoms with Gasteiger partial charge >= 0.3 is 80.2 Å². The maximum Gasteiger partial charge on any atom is 2.00 e. The van der Waals surface area contributed by atoms with Crippen LogP contribution in [0.4, 0.5) is 0 Å². The summed E-state index contributed by atoms with van der Waals surface area (Å²) in [7, 11) is -11.4. The average Bonchev–Trinajstić information content (AvgIpc) is 1.14. The zero-order valence-electron chi connectivity index (χ0n) is 8.48. The van der Waals surface area contributed by atoms with Crippen molar-refractivity contribution in [3.63, 3.8) is 0 Å². The van der Waals surface area contributed by atoms with E-state index in [9.17, 15) is 28.7 Å². The Balaban J connectivity index is -0.0000000152. The Kier molecular flexibility index (Phi) is 64.2. The minimum absolute atomic E-state index is 0. The number of rotatable bonds is 2. The standard InChI is InChI=1S/2H3N.2Na.H4O7P2.2H2O.Pt/c;;;;1-8(2,3)7-9(4,5)6;;;/h2*1H3;;;(H2,1,2,3)(H2,4,5,6);2*1H2;/q;;2*+1;;;;+2/p-4. The van der Waals surface area contributed by atoms with Gasteiger partial charge < -0.3 is 56.3 Å². The van der Waals surface area contributed by atoms with Gasteiger partial charge in [0.1, 0.15) is 0 Å². The van der Waals surface area contributed by atoms with Crippen molar-refractivity contribution < 1.29 is 124 Å². The SMILES string of the molecule is N.N.O.O.O=P([O-])([O-])OP(=O)([O-])[O-].[Na+].[Na+].[Pt+2]. The molecule has 16 heavy (non-hydrogen) atoms. The summed E-state index contributed by atoms with van der Waals surface area (Å²) < 4.78 is 21.2. The van der Waals surface area contributed by atoms with Gasteiger partial charge in [0.2, 0.25) is 0 Å². The Hall–Kier alpha value is 2.79. The van der Waals surface area contributed by atoms with E-state index < -0.39 is 15.6 Å². The Labute approximate surface area is 150 Å². The average molecular weight is 485 g/mol. The number of phosphoric acid groups is 2. The molecule has 0 rings (SSSR count). The van der Waals surface area contributed by atoms with Crippen LogP contribution >= 0.6 is 15.6 Å². The Morgan fingerprint density at radius 3 is 0.875 bits per heavy atom. The van der Waals surface area contributed by atoms with Gasteiger partial charge in [0, 0.05) is 0 Å². The third kappa shape index (κ3) is 54.2. The third-order valence-corrected chi connectivity index (χ3v) is 1.80. The third-order valence-electron chi connectivity index (χ3n) is 0.200. The van der Waals surface area contributed by atoms with Gasteiger partial charge in [-0.25, -0.2) is 0 Å². The van der Waals surface area contributed by atoms with E-state index in [2.05, 4.69) is 4.31 Å². The minimum atomic E-state index is -5.68. The van der Waals surface area contributed by atoms with Gasteiger partial charge in [0.25, 0.3) is 0 Å². The molecule has 0 spiro atoms. The molecule has 11 nitrogen and oxygen atoms in total. The van der Waals surface area contributed by atoms with Crippen LogP contribution in [0, 0.1) is 0 Å². The van der Waals surface area contributed by atoms with Gasteiger partial charge in [0.05, 0.1) is 15.6 Å². The van der Waals surface area contributed by atoms with Gasteiger partial charge in [-0.3, -0.25) is 0 Å². The summed E-state index contributed by atoms with van der Waals surface area (Å²) in [4.78, 5) is 37.3. The molecular weight excluding hydrogens is 475 g/mol. The zero-order chi connectivity index (χ0) is 7.71. The van der Waals surface area contributed by atoms with Crippen molar-refractivity contribution in [2.45, 2.75) is 0 Å². The Bertz CT molecular complexity index is 170. The van der Waals surface area contributed by atoms with Crippen LogP contribution in [0.15, 0.2) is 0 Å². The maximum absolute atomic E-state index is 9.32. The molecule has 10 N–H and O–H groups in total. The molecule has 0 unspecified atom stereocenters. The first-order valence-electron chi connectivity index (χ1n) is 1.46. The molecule has 0 aliphatic carbocycles. The molecule has 0 amide bonds. The normalized spacial score (nSPS) is 7.75. The van der Waals surface area contributed by atoms with Crippen LogP contribution in [0.3, 0.4) is 0 Å². The predicted octanol–water partition coefficient (Wildman–Crippen LogP) is -10.7. The zero-order valence-corrected chi connectivity index (χ0v) is 16.5. The van der Waals surface area contributed by atoms with Crippen LogP contribution in [0.5, 0.6) is 0 Å². The van der Waals surface area contributed by atoms with E-state index in [1.165, 1.54) is 0 Å². The molecule has 0 radical (unpaired) electrons. The van der Waals surface area contributed by atoms with Gasteiger partial charge in [-0.05, 0) is 0 Å². The first kappa shape index (κ1) is 51.1. The summed E-state index contributed by atoms with van der Waals surface area (Å²) in [6.07, 6.45) is 0. The molecule has 16 heteroatoms. The van der Waals surface area contributed by atoms with E-state index in [1.807, 2.05) is 0 Å². The molecule has 0 heterocycles. The molecule has 0 aliphatic rings. The fraction of sp³-hybridized carbons (Fsp3) is 0. The van der Waals surface area contributed by atoms with Crippen LogP contribution < -0.4 is 91.0 Å². The summed E-state index contributed by atoms with van der Waals surface area (Å²) >= 11 is 0. The van der Waals surface area contributed by atoms with E-state index in [-0.39, 0.29) is 103 Å². The number of hydrogen-bond acceptors (Lipinski definition) is 9. The van der Waals surface area contributed by atoms with Crippen molar-refractivity contribution in [2.24, 2.45) is 0 Å². The monoisotopic (exact) mass is 485 g/mol. The van der Waals surface area contributed by atoms with Gasteiger partial charge in [-0.2, -0.15) is 0 Å². The molecule has 0 aromatic heterocycles. The molecule has 0 aliphatic heterocycles. The Morgan fingerprint density at radius 2 is 0.875 bits per heavy atom. The first-order chi connectivity index (χ1) is 3.71. The molecule has 0 aromatic rings. The summed E-state index contributed by atoms with van der Waals surface area (Å²) in [5.41, 5.74) is 0. The largest absolute Gasteiger partial charge is 2.00 e. The molecule has 0 atom stereocenters. The van der Waals surface area contributed by atoms with Crippen molar-refractivity contribution >= 4 is 15.6 Å². The molecule has 0 fully saturated rings. The van der Waals surface area contributed by atoms with E-state index in [1.54, 1.807) is 0 Å². The van der Waals surface area contributed by atoms with Crippen molar-refractivity contribution in [2.75, 3.05) is 0 Å². The predicted molar refractivity (Wildman–Crippen MR) is 33.6 cm³/mol. The van der Waals surface area contributed by atoms with E-state index >= 15 is 0 Å². The summed E-state index contributed by atoms with van der Waals surface area (Å²) in [6, 6.07) is 0. The summed E-state index contributed by atoms with van der Waals surface area (Å²) in [6.45, 7) is 0. The fourth-order valence-corrected chi connectivity index (χ4v) is 1.10. The van der Waals surface area contributed by atoms with E-state index in [0.29, 0.717) is 0 Å². The van der Waals surface area contributed by atoms with E-state index in [0.717, 1.165) is 0 Å².